The third kappa shape index (κ3) is 3.85. The van der Waals surface area contributed by atoms with Gasteiger partial charge in [-0.05, 0) is 12.6 Å². The molecule has 0 unspecified atom stereocenters. The van der Waals surface area contributed by atoms with Gasteiger partial charge in [-0.2, -0.15) is 8.39 Å². The fraction of sp³-hybridized carbons (Fsp3) is 0.333. The van der Waals surface area contributed by atoms with Crippen LogP contribution in [-0.2, 0) is 0 Å². The van der Waals surface area contributed by atoms with E-state index in [-0.39, 0.29) is 0 Å². The molecule has 0 rings (SSSR count). The zero-order valence-corrected chi connectivity index (χ0v) is 4.10. The second-order valence-electron chi connectivity index (χ2n) is 0.595. The predicted octanol–water partition coefficient (Wildman–Crippen LogP) is 2.22. The average Bonchev–Trinajstić information content (AvgIpc) is 1.35. The van der Waals surface area contributed by atoms with Crippen molar-refractivity contribution in [2.24, 2.45) is 0 Å². The fourth-order valence-corrected chi connectivity index (χ4v) is 0.254. The highest BCUT2D eigenvalue weighted by Gasteiger charge is 1.90. The Morgan fingerprint density at radius 2 is 2.00 bits per heavy atom. The molecule has 0 aliphatic carbocycles. The molecule has 0 nitrogen and oxygen atoms in total. The Balaban J connectivity index is 3.20. The standard InChI is InChI=1S/C3H3F2P/c1-2-3-6(4)5/h1H3. The molecule has 0 bridgehead atoms. The van der Waals surface area contributed by atoms with Crippen LogP contribution in [0.15, 0.2) is 0 Å². The maximum Gasteiger partial charge on any atom is 0.344 e. The van der Waals surface area contributed by atoms with Gasteiger partial charge in [-0.25, -0.2) is 0 Å². The molecule has 0 radical (unpaired) electrons. The van der Waals surface area contributed by atoms with E-state index < -0.39 is 8.54 Å². The molecular formula is C3H3F2P. The molecule has 0 spiro atoms. The Kier molecular flexibility index (Phi) is 2.98. The predicted molar refractivity (Wildman–Crippen MR) is 22.6 cm³/mol. The van der Waals surface area contributed by atoms with Crippen LogP contribution in [0, 0.1) is 11.6 Å². The average molecular weight is 108 g/mol. The van der Waals surface area contributed by atoms with Gasteiger partial charge >= 0.3 is 8.54 Å². The highest BCUT2D eigenvalue weighted by Crippen LogP contribution is 2.36. The van der Waals surface area contributed by atoms with Gasteiger partial charge in [-0.15, -0.1) is 0 Å². The Labute approximate surface area is 36.5 Å². The first-order valence-electron chi connectivity index (χ1n) is 1.31. The lowest BCUT2D eigenvalue weighted by molar-refractivity contribution is 0.766. The van der Waals surface area contributed by atoms with E-state index in [1.807, 2.05) is 0 Å². The fourth-order valence-electron chi connectivity index (χ4n) is 0.0845. The van der Waals surface area contributed by atoms with Gasteiger partial charge < -0.3 is 0 Å². The highest BCUT2D eigenvalue weighted by molar-refractivity contribution is 7.52. The van der Waals surface area contributed by atoms with Gasteiger partial charge in [0, 0.05) is 0 Å². The molecule has 0 aromatic rings. The Bertz CT molecular complexity index is 78.5. The third-order valence-corrected chi connectivity index (χ3v) is 0.589. The van der Waals surface area contributed by atoms with Crippen LogP contribution in [0.1, 0.15) is 6.92 Å². The molecule has 0 saturated carbocycles. The van der Waals surface area contributed by atoms with E-state index in [4.69, 9.17) is 0 Å². The highest BCUT2D eigenvalue weighted by atomic mass is 31.2. The van der Waals surface area contributed by atoms with Gasteiger partial charge in [0.25, 0.3) is 0 Å². The van der Waals surface area contributed by atoms with Crippen molar-refractivity contribution in [3.8, 4) is 11.6 Å². The first kappa shape index (κ1) is 5.85. The van der Waals surface area contributed by atoms with E-state index >= 15 is 0 Å². The number of hydrogen-bond donors (Lipinski definition) is 0. The van der Waals surface area contributed by atoms with Crippen LogP contribution < -0.4 is 0 Å². The van der Waals surface area contributed by atoms with Crippen molar-refractivity contribution in [2.45, 2.75) is 6.92 Å². The summed E-state index contributed by atoms with van der Waals surface area (Å²) in [4.78, 5) is 0. The summed E-state index contributed by atoms with van der Waals surface area (Å²) < 4.78 is 21.9. The largest absolute Gasteiger partial charge is 0.344 e. The van der Waals surface area contributed by atoms with Crippen LogP contribution >= 0.6 is 8.54 Å². The number of rotatable bonds is 0. The summed E-state index contributed by atoms with van der Waals surface area (Å²) in [5, 5.41) is 0. The zero-order valence-electron chi connectivity index (χ0n) is 3.20. The van der Waals surface area contributed by atoms with E-state index in [2.05, 4.69) is 5.92 Å². The summed E-state index contributed by atoms with van der Waals surface area (Å²) in [5.41, 5.74) is 1.69. The Morgan fingerprint density at radius 3 is 2.00 bits per heavy atom. The van der Waals surface area contributed by atoms with E-state index in [0.29, 0.717) is 0 Å². The molecule has 3 heteroatoms. The molecule has 0 heterocycles. The second kappa shape index (κ2) is 3.06. The molecule has 0 aliphatic heterocycles. The summed E-state index contributed by atoms with van der Waals surface area (Å²) >= 11 is 0. The number of hydrogen-bond acceptors (Lipinski definition) is 0. The van der Waals surface area contributed by atoms with Crippen molar-refractivity contribution < 1.29 is 8.39 Å². The maximum atomic E-state index is 10.9. The summed E-state index contributed by atoms with van der Waals surface area (Å²) in [6.07, 6.45) is 0. The molecule has 34 valence electrons. The van der Waals surface area contributed by atoms with Crippen LogP contribution in [0.4, 0.5) is 8.39 Å². The molecule has 0 aromatic carbocycles. The summed E-state index contributed by atoms with van der Waals surface area (Å²) in [5.74, 6) is 2.10. The summed E-state index contributed by atoms with van der Waals surface area (Å²) in [6, 6.07) is 0. The minimum absolute atomic E-state index is 1.40. The SMILES string of the molecule is CC#CP(F)F. The van der Waals surface area contributed by atoms with Gasteiger partial charge in [-0.3, -0.25) is 0 Å². The monoisotopic (exact) mass is 108 g/mol. The lowest BCUT2D eigenvalue weighted by Gasteiger charge is -1.70. The quantitative estimate of drug-likeness (QED) is 0.329. The number of halogens is 2. The van der Waals surface area contributed by atoms with E-state index in [1.165, 1.54) is 6.92 Å². The van der Waals surface area contributed by atoms with Gasteiger partial charge in [0.2, 0.25) is 0 Å². The Morgan fingerprint density at radius 1 is 1.50 bits per heavy atom. The molecule has 0 fully saturated rings. The van der Waals surface area contributed by atoms with Crippen molar-refractivity contribution in [1.82, 2.24) is 0 Å². The lowest BCUT2D eigenvalue weighted by Crippen LogP contribution is -1.37. The molecule has 0 atom stereocenters. The van der Waals surface area contributed by atoms with Crippen LogP contribution in [-0.4, -0.2) is 0 Å². The summed E-state index contributed by atoms with van der Waals surface area (Å²) in [6.45, 7) is 1.40. The van der Waals surface area contributed by atoms with E-state index in [9.17, 15) is 8.39 Å². The first-order chi connectivity index (χ1) is 2.77. The normalized spacial score (nSPS) is 7.33. The van der Waals surface area contributed by atoms with Crippen molar-refractivity contribution in [3.05, 3.63) is 0 Å². The molecule has 0 aliphatic rings. The molecular weight excluding hydrogens is 105 g/mol. The zero-order chi connectivity index (χ0) is 4.99. The molecule has 0 amide bonds. The van der Waals surface area contributed by atoms with Gasteiger partial charge in [0.15, 0.2) is 0 Å². The van der Waals surface area contributed by atoms with E-state index in [1.54, 1.807) is 5.66 Å². The Hall–Kier alpha value is -0.150. The van der Waals surface area contributed by atoms with Crippen molar-refractivity contribution in [2.75, 3.05) is 0 Å². The molecule has 6 heavy (non-hydrogen) atoms. The van der Waals surface area contributed by atoms with Crippen LogP contribution in [0.2, 0.25) is 0 Å². The second-order valence-corrected chi connectivity index (χ2v) is 1.28. The smallest absolute Gasteiger partial charge is 0.173 e. The van der Waals surface area contributed by atoms with Gasteiger partial charge in [0.05, 0.1) is 0 Å². The molecule has 0 N–H and O–H groups in total. The van der Waals surface area contributed by atoms with E-state index in [0.717, 1.165) is 0 Å². The van der Waals surface area contributed by atoms with Gasteiger partial charge in [-0.1, -0.05) is 5.92 Å². The van der Waals surface area contributed by atoms with Gasteiger partial charge in [0.1, 0.15) is 0 Å². The first-order valence-corrected chi connectivity index (χ1v) is 2.44. The summed E-state index contributed by atoms with van der Waals surface area (Å²) in [7, 11) is -2.96. The van der Waals surface area contributed by atoms with Crippen LogP contribution in [0.25, 0.3) is 0 Å². The van der Waals surface area contributed by atoms with Crippen LogP contribution in [0.5, 0.6) is 0 Å². The van der Waals surface area contributed by atoms with Crippen molar-refractivity contribution in [3.63, 3.8) is 0 Å². The minimum Gasteiger partial charge on any atom is -0.173 e. The topological polar surface area (TPSA) is 0 Å². The molecule has 0 aromatic heterocycles. The lowest BCUT2D eigenvalue weighted by atomic mass is 10.9. The molecule has 0 saturated heterocycles. The minimum atomic E-state index is -2.96. The maximum absolute atomic E-state index is 10.9. The third-order valence-electron chi connectivity index (χ3n) is 0.196. The van der Waals surface area contributed by atoms with Crippen molar-refractivity contribution >= 4 is 8.54 Å². The van der Waals surface area contributed by atoms with Crippen molar-refractivity contribution in [1.29, 1.82) is 0 Å². The van der Waals surface area contributed by atoms with Crippen LogP contribution in [0.3, 0.4) is 0 Å².